The topological polar surface area (TPSA) is 79.9 Å². The molecule has 0 aromatic carbocycles. The number of aliphatic carboxylic acids is 1. The zero-order valence-electron chi connectivity index (χ0n) is 15.8. The Morgan fingerprint density at radius 1 is 1.23 bits per heavy atom. The lowest BCUT2D eigenvalue weighted by Gasteiger charge is -2.46. The zero-order valence-corrected chi connectivity index (χ0v) is 15.8. The molecule has 0 radical (unpaired) electrons. The fourth-order valence-corrected chi connectivity index (χ4v) is 4.29. The van der Waals surface area contributed by atoms with Gasteiger partial charge >= 0.3 is 5.97 Å². The first-order valence-electron chi connectivity index (χ1n) is 9.53. The number of piperidine rings is 1. The lowest BCUT2D eigenvalue weighted by Crippen LogP contribution is -2.57. The molecular formula is C19H30N4O3. The van der Waals surface area contributed by atoms with E-state index in [-0.39, 0.29) is 18.2 Å². The van der Waals surface area contributed by atoms with Gasteiger partial charge in [-0.1, -0.05) is 0 Å². The molecule has 0 aliphatic carbocycles. The van der Waals surface area contributed by atoms with Gasteiger partial charge in [0.25, 0.3) is 5.91 Å². The Balaban J connectivity index is 1.69. The molecule has 0 bridgehead atoms. The van der Waals surface area contributed by atoms with Gasteiger partial charge in [0, 0.05) is 63.6 Å². The van der Waals surface area contributed by atoms with E-state index in [2.05, 4.69) is 21.8 Å². The second-order valence-electron chi connectivity index (χ2n) is 7.66. The third-order valence-corrected chi connectivity index (χ3v) is 5.90. The van der Waals surface area contributed by atoms with Crippen LogP contribution in [-0.4, -0.2) is 89.0 Å². The smallest absolute Gasteiger partial charge is 0.303 e. The van der Waals surface area contributed by atoms with Crippen molar-refractivity contribution in [3.05, 3.63) is 23.5 Å². The van der Waals surface area contributed by atoms with E-state index >= 15 is 0 Å². The molecule has 2 saturated heterocycles. The summed E-state index contributed by atoms with van der Waals surface area (Å²) in [6.45, 7) is 7.44. The lowest BCUT2D eigenvalue weighted by atomic mass is 9.86. The number of nitrogens with zero attached hydrogens (tertiary/aromatic N) is 3. The van der Waals surface area contributed by atoms with Crippen LogP contribution in [0, 0.1) is 12.8 Å². The van der Waals surface area contributed by atoms with Gasteiger partial charge in [-0.3, -0.25) is 14.5 Å². The van der Waals surface area contributed by atoms with E-state index in [0.29, 0.717) is 19.0 Å². The van der Waals surface area contributed by atoms with Crippen LogP contribution >= 0.6 is 0 Å². The molecule has 2 atom stereocenters. The predicted molar refractivity (Wildman–Crippen MR) is 99.3 cm³/mol. The number of aromatic amines is 1. The Morgan fingerprint density at radius 2 is 1.96 bits per heavy atom. The minimum Gasteiger partial charge on any atom is -0.481 e. The number of carbonyl (C=O) groups excluding carboxylic acids is 1. The maximum absolute atomic E-state index is 12.9. The number of carboxylic acids is 1. The third kappa shape index (κ3) is 4.27. The highest BCUT2D eigenvalue weighted by Crippen LogP contribution is 2.28. The monoisotopic (exact) mass is 362 g/mol. The van der Waals surface area contributed by atoms with Crippen molar-refractivity contribution in [2.45, 2.75) is 32.2 Å². The maximum Gasteiger partial charge on any atom is 0.303 e. The summed E-state index contributed by atoms with van der Waals surface area (Å²) in [5, 5.41) is 9.13. The molecular weight excluding hydrogens is 332 g/mol. The van der Waals surface area contributed by atoms with Crippen molar-refractivity contribution in [2.24, 2.45) is 5.92 Å². The molecule has 1 aromatic rings. The lowest BCUT2D eigenvalue weighted by molar-refractivity contribution is -0.137. The van der Waals surface area contributed by atoms with E-state index < -0.39 is 5.97 Å². The number of amides is 1. The SMILES string of the molecule is Cc1[nH]ccc1C(=O)N1CC[C@H](N2CCN(C)CC2)[C@H](CCC(=O)O)C1. The van der Waals surface area contributed by atoms with Gasteiger partial charge in [0.2, 0.25) is 0 Å². The number of nitrogens with one attached hydrogen (secondary N) is 1. The first-order valence-corrected chi connectivity index (χ1v) is 9.53. The fourth-order valence-electron chi connectivity index (χ4n) is 4.29. The van der Waals surface area contributed by atoms with Gasteiger partial charge in [-0.15, -0.1) is 0 Å². The Labute approximate surface area is 154 Å². The molecule has 144 valence electrons. The number of hydrogen-bond donors (Lipinski definition) is 2. The number of aromatic nitrogens is 1. The highest BCUT2D eigenvalue weighted by molar-refractivity contribution is 5.95. The van der Waals surface area contributed by atoms with Crippen LogP contribution in [0.3, 0.4) is 0 Å². The van der Waals surface area contributed by atoms with E-state index in [0.717, 1.165) is 50.4 Å². The van der Waals surface area contributed by atoms with Crippen molar-refractivity contribution >= 4 is 11.9 Å². The number of aryl methyl sites for hydroxylation is 1. The number of likely N-dealkylation sites (N-methyl/N-ethyl adjacent to an activating group) is 1. The Morgan fingerprint density at radius 3 is 2.58 bits per heavy atom. The fraction of sp³-hybridized carbons (Fsp3) is 0.684. The quantitative estimate of drug-likeness (QED) is 0.824. The normalized spacial score (nSPS) is 25.4. The van der Waals surface area contributed by atoms with Crippen LogP contribution in [-0.2, 0) is 4.79 Å². The molecule has 2 fully saturated rings. The summed E-state index contributed by atoms with van der Waals surface area (Å²) in [5.41, 5.74) is 1.61. The molecule has 7 heteroatoms. The van der Waals surface area contributed by atoms with Crippen LogP contribution < -0.4 is 0 Å². The van der Waals surface area contributed by atoms with Crippen LogP contribution in [0.1, 0.15) is 35.3 Å². The van der Waals surface area contributed by atoms with Crippen LogP contribution in [0.2, 0.25) is 0 Å². The van der Waals surface area contributed by atoms with E-state index in [1.54, 1.807) is 6.20 Å². The minimum absolute atomic E-state index is 0.0564. The zero-order chi connectivity index (χ0) is 18.7. The molecule has 2 N–H and O–H groups in total. The van der Waals surface area contributed by atoms with Crippen molar-refractivity contribution in [1.82, 2.24) is 19.7 Å². The summed E-state index contributed by atoms with van der Waals surface area (Å²) in [4.78, 5) is 33.8. The summed E-state index contributed by atoms with van der Waals surface area (Å²) in [7, 11) is 2.14. The molecule has 2 aliphatic heterocycles. The summed E-state index contributed by atoms with van der Waals surface area (Å²) in [6, 6.07) is 2.20. The molecule has 1 aromatic heterocycles. The number of H-pyrrole nitrogens is 1. The van der Waals surface area contributed by atoms with Crippen molar-refractivity contribution in [2.75, 3.05) is 46.3 Å². The molecule has 0 unspecified atom stereocenters. The Kier molecular flexibility index (Phi) is 5.98. The first-order chi connectivity index (χ1) is 12.5. The van der Waals surface area contributed by atoms with E-state index in [4.69, 9.17) is 5.11 Å². The van der Waals surface area contributed by atoms with Gasteiger partial charge in [-0.2, -0.15) is 0 Å². The van der Waals surface area contributed by atoms with Gasteiger partial charge in [-0.25, -0.2) is 0 Å². The molecule has 1 amide bonds. The Hall–Kier alpha value is -1.86. The molecule has 3 heterocycles. The average molecular weight is 362 g/mol. The number of rotatable bonds is 5. The van der Waals surface area contributed by atoms with Crippen LogP contribution in [0.5, 0.6) is 0 Å². The largest absolute Gasteiger partial charge is 0.481 e. The predicted octanol–water partition coefficient (Wildman–Crippen LogP) is 1.27. The minimum atomic E-state index is -0.757. The summed E-state index contributed by atoms with van der Waals surface area (Å²) >= 11 is 0. The summed E-state index contributed by atoms with van der Waals surface area (Å²) < 4.78 is 0. The average Bonchev–Trinajstić information content (AvgIpc) is 3.06. The third-order valence-electron chi connectivity index (χ3n) is 5.90. The van der Waals surface area contributed by atoms with Gasteiger partial charge in [0.15, 0.2) is 0 Å². The molecule has 0 spiro atoms. The van der Waals surface area contributed by atoms with Gasteiger partial charge in [0.05, 0.1) is 5.56 Å². The number of piperazine rings is 1. The van der Waals surface area contributed by atoms with E-state index in [9.17, 15) is 9.59 Å². The van der Waals surface area contributed by atoms with E-state index in [1.807, 2.05) is 17.9 Å². The number of likely N-dealkylation sites (tertiary alicyclic amines) is 1. The van der Waals surface area contributed by atoms with Crippen LogP contribution in [0.25, 0.3) is 0 Å². The highest BCUT2D eigenvalue weighted by atomic mass is 16.4. The second kappa shape index (κ2) is 8.22. The van der Waals surface area contributed by atoms with Crippen molar-refractivity contribution in [3.63, 3.8) is 0 Å². The second-order valence-corrected chi connectivity index (χ2v) is 7.66. The molecule has 0 saturated carbocycles. The maximum atomic E-state index is 12.9. The van der Waals surface area contributed by atoms with Crippen LogP contribution in [0.15, 0.2) is 12.3 Å². The summed E-state index contributed by atoms with van der Waals surface area (Å²) in [5.74, 6) is -0.487. The van der Waals surface area contributed by atoms with Crippen molar-refractivity contribution in [1.29, 1.82) is 0 Å². The molecule has 7 nitrogen and oxygen atoms in total. The Bertz CT molecular complexity index is 636. The number of carboxylic acid groups (broad SMARTS) is 1. The van der Waals surface area contributed by atoms with Gasteiger partial charge < -0.3 is 19.9 Å². The van der Waals surface area contributed by atoms with E-state index in [1.165, 1.54) is 0 Å². The van der Waals surface area contributed by atoms with Crippen molar-refractivity contribution < 1.29 is 14.7 Å². The number of hydrogen-bond acceptors (Lipinski definition) is 4. The molecule has 3 rings (SSSR count). The van der Waals surface area contributed by atoms with Gasteiger partial charge in [0.1, 0.15) is 0 Å². The molecule has 26 heavy (non-hydrogen) atoms. The molecule has 2 aliphatic rings. The first kappa shape index (κ1) is 18.9. The highest BCUT2D eigenvalue weighted by Gasteiger charge is 2.36. The van der Waals surface area contributed by atoms with Crippen LogP contribution in [0.4, 0.5) is 0 Å². The number of carbonyl (C=O) groups is 2. The van der Waals surface area contributed by atoms with Gasteiger partial charge in [-0.05, 0) is 38.8 Å². The van der Waals surface area contributed by atoms with Crippen molar-refractivity contribution in [3.8, 4) is 0 Å². The summed E-state index contributed by atoms with van der Waals surface area (Å²) in [6.07, 6.45) is 3.51. The standard InChI is InChI=1S/C19H30N4O3/c1-14-16(5-7-20-14)19(26)23-8-6-17(15(13-23)3-4-18(24)25)22-11-9-21(2)10-12-22/h5,7,15,17,20H,3-4,6,8-13H2,1-2H3,(H,24,25)/t15-,17+/m1/s1.